The van der Waals surface area contributed by atoms with E-state index in [1.54, 1.807) is 0 Å². The largest absolute Gasteiger partial charge is 0.339 e. The molecule has 0 bridgehead atoms. The van der Waals surface area contributed by atoms with Crippen LogP contribution in [0.5, 0.6) is 0 Å². The van der Waals surface area contributed by atoms with E-state index in [0.717, 1.165) is 30.6 Å². The van der Waals surface area contributed by atoms with Crippen LogP contribution < -0.4 is 5.32 Å². The van der Waals surface area contributed by atoms with Crippen molar-refractivity contribution in [3.05, 3.63) is 41.5 Å². The molecule has 0 fully saturated rings. The minimum absolute atomic E-state index is 0.0337. The summed E-state index contributed by atoms with van der Waals surface area (Å²) in [6, 6.07) is 7.77. The van der Waals surface area contributed by atoms with E-state index in [2.05, 4.69) is 36.2 Å². The lowest BCUT2D eigenvalue weighted by molar-refractivity contribution is -0.117. The van der Waals surface area contributed by atoms with E-state index in [1.165, 1.54) is 0 Å². The van der Waals surface area contributed by atoms with Crippen molar-refractivity contribution in [2.75, 3.05) is 18.4 Å². The Labute approximate surface area is 149 Å². The van der Waals surface area contributed by atoms with Crippen molar-refractivity contribution in [1.29, 1.82) is 0 Å². The molecule has 0 aliphatic heterocycles. The Bertz CT molecular complexity index is 682. The van der Waals surface area contributed by atoms with Crippen molar-refractivity contribution in [3.8, 4) is 0 Å². The van der Waals surface area contributed by atoms with Crippen molar-refractivity contribution in [3.63, 3.8) is 0 Å². The molecule has 6 heteroatoms. The van der Waals surface area contributed by atoms with E-state index in [1.807, 2.05) is 36.1 Å². The van der Waals surface area contributed by atoms with Crippen LogP contribution in [0.25, 0.3) is 0 Å². The molecule has 1 N–H and O–H groups in total. The van der Waals surface area contributed by atoms with Gasteiger partial charge in [0.15, 0.2) is 5.82 Å². The fourth-order valence-electron chi connectivity index (χ4n) is 2.62. The first kappa shape index (κ1) is 19.1. The lowest BCUT2D eigenvalue weighted by Crippen LogP contribution is -2.34. The summed E-state index contributed by atoms with van der Waals surface area (Å²) in [5.41, 5.74) is 1.90. The molecule has 0 aliphatic rings. The first-order valence-electron chi connectivity index (χ1n) is 8.87. The van der Waals surface area contributed by atoms with Gasteiger partial charge >= 0.3 is 0 Å². The van der Waals surface area contributed by atoms with Crippen molar-refractivity contribution in [2.24, 2.45) is 5.92 Å². The molecule has 2 aromatic rings. The fourth-order valence-corrected chi connectivity index (χ4v) is 2.62. The molecule has 0 spiro atoms. The average molecular weight is 344 g/mol. The van der Waals surface area contributed by atoms with Gasteiger partial charge in [-0.15, -0.1) is 0 Å². The zero-order valence-electron chi connectivity index (χ0n) is 15.6. The topological polar surface area (TPSA) is 71.3 Å². The first-order valence-corrected chi connectivity index (χ1v) is 8.87. The zero-order valence-corrected chi connectivity index (χ0v) is 15.6. The van der Waals surface area contributed by atoms with Crippen LogP contribution in [0.2, 0.25) is 0 Å². The number of nitrogens with one attached hydrogen (secondary N) is 1. The third-order valence-corrected chi connectivity index (χ3v) is 3.78. The van der Waals surface area contributed by atoms with Gasteiger partial charge < -0.3 is 9.84 Å². The highest BCUT2D eigenvalue weighted by molar-refractivity contribution is 5.92. The maximum Gasteiger partial charge on any atom is 0.238 e. The number of carbonyl (C=O) groups is 1. The van der Waals surface area contributed by atoms with Gasteiger partial charge in [-0.25, -0.2) is 0 Å². The summed E-state index contributed by atoms with van der Waals surface area (Å²) < 4.78 is 5.28. The molecule has 0 unspecified atom stereocenters. The Morgan fingerprint density at radius 3 is 2.76 bits per heavy atom. The molecule has 136 valence electrons. The van der Waals surface area contributed by atoms with Crippen LogP contribution in [0.4, 0.5) is 5.69 Å². The number of anilines is 1. The van der Waals surface area contributed by atoms with Crippen LogP contribution in [-0.2, 0) is 17.8 Å². The van der Waals surface area contributed by atoms with E-state index in [9.17, 15) is 4.79 Å². The number of aryl methyl sites for hydroxylation is 1. The molecule has 1 heterocycles. The van der Waals surface area contributed by atoms with E-state index in [-0.39, 0.29) is 5.91 Å². The van der Waals surface area contributed by atoms with Crippen LogP contribution in [0, 0.1) is 12.8 Å². The number of rotatable bonds is 9. The number of carbonyl (C=O) groups excluding carboxylic acids is 1. The number of hydrogen-bond donors (Lipinski definition) is 1. The van der Waals surface area contributed by atoms with E-state index < -0.39 is 0 Å². The van der Waals surface area contributed by atoms with Gasteiger partial charge in [0.05, 0.1) is 13.1 Å². The van der Waals surface area contributed by atoms with Crippen LogP contribution in [0.15, 0.2) is 28.8 Å². The summed E-state index contributed by atoms with van der Waals surface area (Å²) in [6.45, 7) is 9.91. The molecule has 0 radical (unpaired) electrons. The normalized spacial score (nSPS) is 11.3. The second-order valence-corrected chi connectivity index (χ2v) is 6.78. The quantitative estimate of drug-likeness (QED) is 0.754. The molecule has 6 nitrogen and oxygen atoms in total. The summed E-state index contributed by atoms with van der Waals surface area (Å²) >= 11 is 0. The van der Waals surface area contributed by atoms with Gasteiger partial charge in [-0.05, 0) is 37.4 Å². The molecule has 0 atom stereocenters. The Kier molecular flexibility index (Phi) is 7.13. The summed E-state index contributed by atoms with van der Waals surface area (Å²) in [4.78, 5) is 18.8. The van der Waals surface area contributed by atoms with Gasteiger partial charge in [0, 0.05) is 12.1 Å². The molecule has 1 aromatic heterocycles. The van der Waals surface area contributed by atoms with Crippen LogP contribution in [-0.4, -0.2) is 34.0 Å². The predicted octanol–water partition coefficient (Wildman–Crippen LogP) is 3.43. The summed E-state index contributed by atoms with van der Waals surface area (Å²) in [5.74, 6) is 1.73. The lowest BCUT2D eigenvalue weighted by atomic mass is 10.1. The Morgan fingerprint density at radius 1 is 1.32 bits per heavy atom. The highest BCUT2D eigenvalue weighted by atomic mass is 16.5. The van der Waals surface area contributed by atoms with Crippen molar-refractivity contribution < 1.29 is 9.32 Å². The Morgan fingerprint density at radius 2 is 2.08 bits per heavy atom. The number of amides is 1. The zero-order chi connectivity index (χ0) is 18.2. The van der Waals surface area contributed by atoms with E-state index in [4.69, 9.17) is 4.52 Å². The minimum Gasteiger partial charge on any atom is -0.339 e. The SMILES string of the molecule is CCCN(CC(=O)Nc1ccccc1C)Cc1noc(CC(C)C)n1. The molecule has 25 heavy (non-hydrogen) atoms. The summed E-state index contributed by atoms with van der Waals surface area (Å²) in [6.07, 6.45) is 1.73. The lowest BCUT2D eigenvalue weighted by Gasteiger charge is -2.19. The minimum atomic E-state index is -0.0337. The van der Waals surface area contributed by atoms with Gasteiger partial charge in [0.2, 0.25) is 11.8 Å². The third-order valence-electron chi connectivity index (χ3n) is 3.78. The maximum atomic E-state index is 12.4. The maximum absolute atomic E-state index is 12.4. The van der Waals surface area contributed by atoms with Crippen LogP contribution in [0.3, 0.4) is 0 Å². The van der Waals surface area contributed by atoms with Gasteiger partial charge in [0.1, 0.15) is 0 Å². The molecule has 1 amide bonds. The molecule has 0 aliphatic carbocycles. The van der Waals surface area contributed by atoms with E-state index >= 15 is 0 Å². The molecular weight excluding hydrogens is 316 g/mol. The standard InChI is InChI=1S/C19H28N4O2/c1-5-10-23(12-17-21-19(25-22-17)11-14(2)3)13-18(24)20-16-9-7-6-8-15(16)4/h6-9,14H,5,10-13H2,1-4H3,(H,20,24). The van der Waals surface area contributed by atoms with Crippen molar-refractivity contribution in [2.45, 2.75) is 47.1 Å². The number of hydrogen-bond acceptors (Lipinski definition) is 5. The van der Waals surface area contributed by atoms with Crippen molar-refractivity contribution >= 4 is 11.6 Å². The number of aromatic nitrogens is 2. The molecule has 0 saturated carbocycles. The molecular formula is C19H28N4O2. The molecule has 1 aromatic carbocycles. The highest BCUT2D eigenvalue weighted by Gasteiger charge is 2.15. The smallest absolute Gasteiger partial charge is 0.238 e. The Hall–Kier alpha value is -2.21. The Balaban J connectivity index is 1.94. The van der Waals surface area contributed by atoms with Crippen LogP contribution in [0.1, 0.15) is 44.5 Å². The van der Waals surface area contributed by atoms with Crippen molar-refractivity contribution in [1.82, 2.24) is 15.0 Å². The van der Waals surface area contributed by atoms with Gasteiger partial charge in [-0.2, -0.15) is 4.98 Å². The average Bonchev–Trinajstić information content (AvgIpc) is 2.96. The van der Waals surface area contributed by atoms with Gasteiger partial charge in [-0.1, -0.05) is 44.1 Å². The summed E-state index contributed by atoms with van der Waals surface area (Å²) in [5, 5.41) is 7.01. The predicted molar refractivity (Wildman–Crippen MR) is 98.2 cm³/mol. The summed E-state index contributed by atoms with van der Waals surface area (Å²) in [7, 11) is 0. The fraction of sp³-hybridized carbons (Fsp3) is 0.526. The van der Waals surface area contributed by atoms with E-state index in [0.29, 0.717) is 30.7 Å². The number of para-hydroxylation sites is 1. The number of nitrogens with zero attached hydrogens (tertiary/aromatic N) is 3. The third kappa shape index (κ3) is 6.31. The van der Waals surface area contributed by atoms with Gasteiger partial charge in [-0.3, -0.25) is 9.69 Å². The first-order chi connectivity index (χ1) is 12.0. The molecule has 2 rings (SSSR count). The number of benzene rings is 1. The highest BCUT2D eigenvalue weighted by Crippen LogP contribution is 2.13. The van der Waals surface area contributed by atoms with Gasteiger partial charge in [0.25, 0.3) is 0 Å². The monoisotopic (exact) mass is 344 g/mol. The second kappa shape index (κ2) is 9.32. The molecule has 0 saturated heterocycles. The van der Waals surface area contributed by atoms with Crippen LogP contribution >= 0.6 is 0 Å². The second-order valence-electron chi connectivity index (χ2n) is 6.78.